The Morgan fingerprint density at radius 2 is 1.68 bits per heavy atom. The smallest absolute Gasteiger partial charge is 0.281 e. The first kappa shape index (κ1) is 16.1. The zero-order chi connectivity index (χ0) is 16.2. The molecule has 0 heterocycles. The number of hydrogen-bond acceptors (Lipinski definition) is 3. The molecule has 2 N–H and O–H groups in total. The fourth-order valence-corrected chi connectivity index (χ4v) is 2.87. The monoisotopic (exact) mass is 323 g/mol. The maximum Gasteiger partial charge on any atom is 0.281 e. The summed E-state index contributed by atoms with van der Waals surface area (Å²) in [6.45, 7) is 0.0696. The van der Waals surface area contributed by atoms with E-state index in [-0.39, 0.29) is 6.54 Å². The molecule has 0 saturated carbocycles. The Morgan fingerprint density at radius 1 is 1.09 bits per heavy atom. The number of halogens is 1. The Hall–Kier alpha value is -2.25. The molecule has 0 aliphatic heterocycles. The summed E-state index contributed by atoms with van der Waals surface area (Å²) < 4.78 is 45.9. The highest BCUT2D eigenvalue weighted by Crippen LogP contribution is 2.24. The van der Waals surface area contributed by atoms with Crippen molar-refractivity contribution in [1.29, 1.82) is 0 Å². The molecule has 0 aromatic heterocycles. The van der Waals surface area contributed by atoms with E-state index in [0.717, 1.165) is 17.7 Å². The number of rotatable bonds is 5. The summed E-state index contributed by atoms with van der Waals surface area (Å²) in [5.41, 5.74) is 0.356. The fourth-order valence-electron chi connectivity index (χ4n) is 2.00. The van der Waals surface area contributed by atoms with E-state index >= 15 is 0 Å². The van der Waals surface area contributed by atoms with Crippen LogP contribution in [0.2, 0.25) is 0 Å². The SMILES string of the molecule is O=C(NCc1ccccc1)C(c1ccccc1F)S(=O)(=O)O. The van der Waals surface area contributed by atoms with Crippen molar-refractivity contribution in [2.75, 3.05) is 0 Å². The predicted octanol–water partition coefficient (Wildman–Crippen LogP) is 2.07. The molecule has 5 nitrogen and oxygen atoms in total. The van der Waals surface area contributed by atoms with Crippen LogP contribution in [0, 0.1) is 5.82 Å². The van der Waals surface area contributed by atoms with E-state index in [4.69, 9.17) is 0 Å². The van der Waals surface area contributed by atoms with Crippen LogP contribution < -0.4 is 5.32 Å². The first-order chi connectivity index (χ1) is 10.4. The van der Waals surface area contributed by atoms with Crippen LogP contribution in [0.3, 0.4) is 0 Å². The minimum absolute atomic E-state index is 0.0696. The molecule has 0 bridgehead atoms. The summed E-state index contributed by atoms with van der Waals surface area (Å²) in [5, 5.41) is 0.384. The van der Waals surface area contributed by atoms with Gasteiger partial charge in [-0.05, 0) is 11.6 Å². The highest BCUT2D eigenvalue weighted by Gasteiger charge is 2.34. The van der Waals surface area contributed by atoms with Crippen LogP contribution in [0.25, 0.3) is 0 Å². The van der Waals surface area contributed by atoms with Crippen molar-refractivity contribution in [2.45, 2.75) is 11.8 Å². The van der Waals surface area contributed by atoms with Gasteiger partial charge in [0.05, 0.1) is 0 Å². The Balaban J connectivity index is 2.24. The normalized spacial score (nSPS) is 12.6. The highest BCUT2D eigenvalue weighted by molar-refractivity contribution is 7.86. The molecule has 1 atom stereocenters. The van der Waals surface area contributed by atoms with Crippen molar-refractivity contribution in [2.24, 2.45) is 0 Å². The maximum atomic E-state index is 13.7. The van der Waals surface area contributed by atoms with Crippen LogP contribution in [0.1, 0.15) is 16.4 Å². The van der Waals surface area contributed by atoms with E-state index in [1.165, 1.54) is 12.1 Å². The third-order valence-corrected chi connectivity index (χ3v) is 4.10. The molecule has 1 unspecified atom stereocenters. The molecule has 0 fully saturated rings. The van der Waals surface area contributed by atoms with E-state index < -0.39 is 32.7 Å². The first-order valence-electron chi connectivity index (χ1n) is 6.42. The number of amides is 1. The molecule has 0 aliphatic rings. The summed E-state index contributed by atoms with van der Waals surface area (Å²) in [6.07, 6.45) is 0. The van der Waals surface area contributed by atoms with E-state index in [9.17, 15) is 22.2 Å². The Bertz CT molecular complexity index is 762. The van der Waals surface area contributed by atoms with Crippen molar-refractivity contribution >= 4 is 16.0 Å². The van der Waals surface area contributed by atoms with Crippen LogP contribution in [0.15, 0.2) is 54.6 Å². The third-order valence-electron chi connectivity index (χ3n) is 3.03. The Kier molecular flexibility index (Phi) is 4.89. The molecular formula is C15H14FNO4S. The highest BCUT2D eigenvalue weighted by atomic mass is 32.2. The second kappa shape index (κ2) is 6.67. The molecular weight excluding hydrogens is 309 g/mol. The van der Waals surface area contributed by atoms with Crippen LogP contribution in [-0.2, 0) is 21.5 Å². The van der Waals surface area contributed by atoms with E-state index in [0.29, 0.717) is 0 Å². The Morgan fingerprint density at radius 3 is 2.27 bits per heavy atom. The van der Waals surface area contributed by atoms with Gasteiger partial charge in [0, 0.05) is 12.1 Å². The van der Waals surface area contributed by atoms with Crippen molar-refractivity contribution < 1.29 is 22.2 Å². The molecule has 0 saturated heterocycles. The van der Waals surface area contributed by atoms with Gasteiger partial charge in [-0.1, -0.05) is 48.5 Å². The molecule has 0 radical (unpaired) electrons. The predicted molar refractivity (Wildman–Crippen MR) is 79.0 cm³/mol. The minimum atomic E-state index is -4.80. The fraction of sp³-hybridized carbons (Fsp3) is 0.133. The molecule has 116 valence electrons. The second-order valence-corrected chi connectivity index (χ2v) is 6.12. The van der Waals surface area contributed by atoms with Crippen molar-refractivity contribution in [3.8, 4) is 0 Å². The molecule has 0 aliphatic carbocycles. The summed E-state index contributed by atoms with van der Waals surface area (Å²) in [4.78, 5) is 12.1. The maximum absolute atomic E-state index is 13.7. The minimum Gasteiger partial charge on any atom is -0.351 e. The van der Waals surface area contributed by atoms with E-state index in [1.54, 1.807) is 30.3 Å². The van der Waals surface area contributed by atoms with Gasteiger partial charge < -0.3 is 5.32 Å². The number of carbonyl (C=O) groups excluding carboxylic acids is 1. The lowest BCUT2D eigenvalue weighted by molar-refractivity contribution is -0.121. The van der Waals surface area contributed by atoms with Gasteiger partial charge in [0.2, 0.25) is 5.91 Å². The quantitative estimate of drug-likeness (QED) is 0.825. The summed E-state index contributed by atoms with van der Waals surface area (Å²) >= 11 is 0. The molecule has 22 heavy (non-hydrogen) atoms. The lowest BCUT2D eigenvalue weighted by Crippen LogP contribution is -2.33. The topological polar surface area (TPSA) is 83.5 Å². The van der Waals surface area contributed by atoms with Crippen LogP contribution >= 0.6 is 0 Å². The molecule has 2 rings (SSSR count). The van der Waals surface area contributed by atoms with E-state index in [2.05, 4.69) is 5.32 Å². The van der Waals surface area contributed by atoms with Gasteiger partial charge >= 0.3 is 0 Å². The van der Waals surface area contributed by atoms with Crippen LogP contribution in [0.5, 0.6) is 0 Å². The molecule has 0 spiro atoms. The number of hydrogen-bond donors (Lipinski definition) is 2. The number of benzene rings is 2. The van der Waals surface area contributed by atoms with Gasteiger partial charge in [-0.25, -0.2) is 4.39 Å². The summed E-state index contributed by atoms with van der Waals surface area (Å²) in [6, 6.07) is 13.7. The standard InChI is InChI=1S/C15H14FNO4S/c16-13-9-5-4-8-12(13)14(22(19,20)21)15(18)17-10-11-6-2-1-3-7-11/h1-9,14H,10H2,(H,17,18)(H,19,20,21). The molecule has 7 heteroatoms. The largest absolute Gasteiger partial charge is 0.351 e. The molecule has 2 aromatic carbocycles. The zero-order valence-corrected chi connectivity index (χ0v) is 12.3. The molecule has 2 aromatic rings. The zero-order valence-electron chi connectivity index (χ0n) is 11.4. The van der Waals surface area contributed by atoms with E-state index in [1.807, 2.05) is 0 Å². The Labute approximate surface area is 127 Å². The summed E-state index contributed by atoms with van der Waals surface area (Å²) in [7, 11) is -4.80. The first-order valence-corrected chi connectivity index (χ1v) is 7.92. The van der Waals surface area contributed by atoms with Crippen molar-refractivity contribution in [1.82, 2.24) is 5.32 Å². The lowest BCUT2D eigenvalue weighted by Gasteiger charge is -2.15. The van der Waals surface area contributed by atoms with Gasteiger partial charge in [0.25, 0.3) is 10.1 Å². The summed E-state index contributed by atoms with van der Waals surface area (Å²) in [5.74, 6) is -1.86. The third kappa shape index (κ3) is 3.90. The van der Waals surface area contributed by atoms with Gasteiger partial charge in [-0.3, -0.25) is 9.35 Å². The van der Waals surface area contributed by atoms with Crippen LogP contribution in [-0.4, -0.2) is 18.9 Å². The average Bonchev–Trinajstić information content (AvgIpc) is 2.47. The second-order valence-electron chi connectivity index (χ2n) is 4.62. The average molecular weight is 323 g/mol. The van der Waals surface area contributed by atoms with Crippen molar-refractivity contribution in [3.63, 3.8) is 0 Å². The lowest BCUT2D eigenvalue weighted by atomic mass is 10.1. The number of carbonyl (C=O) groups is 1. The van der Waals surface area contributed by atoms with Gasteiger partial charge in [0.1, 0.15) is 5.82 Å². The molecule has 1 amide bonds. The van der Waals surface area contributed by atoms with Gasteiger partial charge in [-0.15, -0.1) is 0 Å². The van der Waals surface area contributed by atoms with Crippen molar-refractivity contribution in [3.05, 3.63) is 71.5 Å². The van der Waals surface area contributed by atoms with Crippen LogP contribution in [0.4, 0.5) is 4.39 Å². The van der Waals surface area contributed by atoms with Gasteiger partial charge in [-0.2, -0.15) is 8.42 Å². The number of nitrogens with one attached hydrogen (secondary N) is 1. The van der Waals surface area contributed by atoms with Gasteiger partial charge in [0.15, 0.2) is 5.25 Å².